The minimum Gasteiger partial charge on any atom is -0.463 e. The summed E-state index contributed by atoms with van der Waals surface area (Å²) < 4.78 is 7.67. The molecule has 40 heavy (non-hydrogen) atoms. The van der Waals surface area contributed by atoms with Crippen molar-refractivity contribution >= 4 is 40.1 Å². The van der Waals surface area contributed by atoms with Crippen molar-refractivity contribution in [3.05, 3.63) is 77.3 Å². The lowest BCUT2D eigenvalue weighted by Gasteiger charge is -2.19. The molecule has 0 bridgehead atoms. The van der Waals surface area contributed by atoms with Crippen LogP contribution in [0.3, 0.4) is 0 Å². The molecule has 0 radical (unpaired) electrons. The molecule has 2 aliphatic heterocycles. The Hall–Kier alpha value is -4.70. The monoisotopic (exact) mass is 535 g/mol. The van der Waals surface area contributed by atoms with Crippen LogP contribution in [0.25, 0.3) is 28.0 Å². The first-order chi connectivity index (χ1) is 19.4. The number of benzene rings is 1. The SMILES string of the molecule is CN(C)Cc1nc(Nc2ccc(-c3cnc4ccc5occc5n34)c3c2C(=O)NC3)ccc1[C@H]1CCN(C)C1=O. The van der Waals surface area contributed by atoms with Crippen LogP contribution in [0.1, 0.15) is 39.5 Å². The molecule has 202 valence electrons. The molecule has 1 fully saturated rings. The Balaban J connectivity index is 1.29. The summed E-state index contributed by atoms with van der Waals surface area (Å²) in [6, 6.07) is 13.6. The lowest BCUT2D eigenvalue weighted by Crippen LogP contribution is -2.23. The van der Waals surface area contributed by atoms with Gasteiger partial charge >= 0.3 is 0 Å². The summed E-state index contributed by atoms with van der Waals surface area (Å²) in [6.45, 7) is 1.77. The van der Waals surface area contributed by atoms with E-state index < -0.39 is 0 Å². The van der Waals surface area contributed by atoms with Gasteiger partial charge in [-0.25, -0.2) is 9.97 Å². The first-order valence-electron chi connectivity index (χ1n) is 13.3. The van der Waals surface area contributed by atoms with Crippen molar-refractivity contribution in [1.82, 2.24) is 29.5 Å². The molecule has 5 aromatic rings. The fraction of sp³-hybridized carbons (Fsp3) is 0.267. The molecule has 0 unspecified atom stereocenters. The van der Waals surface area contributed by atoms with Crippen LogP contribution in [0, 0.1) is 0 Å². The maximum absolute atomic E-state index is 13.1. The van der Waals surface area contributed by atoms with Gasteiger partial charge in [-0.2, -0.15) is 0 Å². The molecule has 4 aromatic heterocycles. The molecule has 10 heteroatoms. The number of likely N-dealkylation sites (N-methyl/N-ethyl adjacent to an activating group) is 1. The van der Waals surface area contributed by atoms with Gasteiger partial charge in [0.25, 0.3) is 5.91 Å². The van der Waals surface area contributed by atoms with E-state index in [2.05, 4.69) is 20.0 Å². The van der Waals surface area contributed by atoms with Gasteiger partial charge in [-0.15, -0.1) is 0 Å². The van der Waals surface area contributed by atoms with Gasteiger partial charge in [-0.3, -0.25) is 14.0 Å². The van der Waals surface area contributed by atoms with Gasteiger partial charge in [0.05, 0.1) is 46.5 Å². The number of likely N-dealkylation sites (tertiary alicyclic amines) is 1. The van der Waals surface area contributed by atoms with Crippen molar-refractivity contribution in [3.8, 4) is 11.3 Å². The van der Waals surface area contributed by atoms with E-state index in [9.17, 15) is 9.59 Å². The van der Waals surface area contributed by atoms with Crippen LogP contribution in [-0.4, -0.2) is 63.7 Å². The second-order valence-corrected chi connectivity index (χ2v) is 10.7. The number of fused-ring (bicyclic) bond motifs is 4. The number of carbonyl (C=O) groups is 2. The molecule has 1 saturated heterocycles. The van der Waals surface area contributed by atoms with Gasteiger partial charge in [0, 0.05) is 38.3 Å². The predicted octanol–water partition coefficient (Wildman–Crippen LogP) is 4.14. The number of nitrogens with one attached hydrogen (secondary N) is 2. The Labute approximate surface area is 230 Å². The highest BCUT2D eigenvalue weighted by Crippen LogP contribution is 2.37. The van der Waals surface area contributed by atoms with E-state index in [0.29, 0.717) is 30.2 Å². The quantitative estimate of drug-likeness (QED) is 0.337. The topological polar surface area (TPSA) is 108 Å². The highest BCUT2D eigenvalue weighted by Gasteiger charge is 2.33. The van der Waals surface area contributed by atoms with Gasteiger partial charge < -0.3 is 24.9 Å². The smallest absolute Gasteiger partial charge is 0.254 e. The second kappa shape index (κ2) is 9.20. The average molecular weight is 536 g/mol. The largest absolute Gasteiger partial charge is 0.463 e. The number of carbonyl (C=O) groups excluding carboxylic acids is 2. The second-order valence-electron chi connectivity index (χ2n) is 10.7. The number of anilines is 2. The van der Waals surface area contributed by atoms with Crippen LogP contribution in [0.2, 0.25) is 0 Å². The number of rotatable bonds is 6. The third-order valence-electron chi connectivity index (χ3n) is 7.87. The van der Waals surface area contributed by atoms with Gasteiger partial charge in [0.1, 0.15) is 11.5 Å². The minimum atomic E-state index is -0.178. The van der Waals surface area contributed by atoms with E-state index in [-0.39, 0.29) is 17.7 Å². The maximum atomic E-state index is 13.1. The van der Waals surface area contributed by atoms with E-state index in [1.807, 2.05) is 74.7 Å². The summed E-state index contributed by atoms with van der Waals surface area (Å²) in [4.78, 5) is 39.2. The molecule has 2 N–H and O–H groups in total. The highest BCUT2D eigenvalue weighted by atomic mass is 16.3. The van der Waals surface area contributed by atoms with Crippen molar-refractivity contribution in [3.63, 3.8) is 0 Å². The predicted molar refractivity (Wildman–Crippen MR) is 151 cm³/mol. The van der Waals surface area contributed by atoms with Crippen molar-refractivity contribution in [2.75, 3.05) is 33.0 Å². The van der Waals surface area contributed by atoms with E-state index in [1.165, 1.54) is 0 Å². The van der Waals surface area contributed by atoms with Crippen molar-refractivity contribution in [2.45, 2.75) is 25.4 Å². The van der Waals surface area contributed by atoms with E-state index in [0.717, 1.165) is 57.8 Å². The number of amides is 2. The van der Waals surface area contributed by atoms with Gasteiger partial charge in [-0.1, -0.05) is 12.1 Å². The van der Waals surface area contributed by atoms with Crippen molar-refractivity contribution in [2.24, 2.45) is 0 Å². The van der Waals surface area contributed by atoms with E-state index in [4.69, 9.17) is 9.40 Å². The summed E-state index contributed by atoms with van der Waals surface area (Å²) in [7, 11) is 5.82. The fourth-order valence-corrected chi connectivity index (χ4v) is 5.97. The normalized spacial score (nSPS) is 16.9. The van der Waals surface area contributed by atoms with E-state index in [1.54, 1.807) is 11.2 Å². The van der Waals surface area contributed by atoms with Crippen LogP contribution >= 0.6 is 0 Å². The Bertz CT molecular complexity index is 1820. The zero-order valence-corrected chi connectivity index (χ0v) is 22.6. The van der Waals surface area contributed by atoms with Crippen LogP contribution < -0.4 is 10.6 Å². The fourth-order valence-electron chi connectivity index (χ4n) is 5.97. The number of imidazole rings is 1. The van der Waals surface area contributed by atoms with E-state index >= 15 is 0 Å². The molecule has 6 heterocycles. The van der Waals surface area contributed by atoms with Gasteiger partial charge in [-0.05, 0) is 55.9 Å². The number of aromatic nitrogens is 3. The van der Waals surface area contributed by atoms with Crippen LogP contribution in [-0.2, 0) is 17.9 Å². The highest BCUT2D eigenvalue weighted by molar-refractivity contribution is 6.06. The Morgan fingerprint density at radius 1 is 1.12 bits per heavy atom. The maximum Gasteiger partial charge on any atom is 0.254 e. The summed E-state index contributed by atoms with van der Waals surface area (Å²) in [6.07, 6.45) is 4.29. The summed E-state index contributed by atoms with van der Waals surface area (Å²) >= 11 is 0. The van der Waals surface area contributed by atoms with Gasteiger partial charge in [0.15, 0.2) is 5.58 Å². The molecule has 0 saturated carbocycles. The third-order valence-corrected chi connectivity index (χ3v) is 7.87. The number of hydrogen-bond acceptors (Lipinski definition) is 7. The zero-order valence-electron chi connectivity index (χ0n) is 22.6. The summed E-state index contributed by atoms with van der Waals surface area (Å²) in [5, 5.41) is 6.39. The molecule has 2 aliphatic rings. The first kappa shape index (κ1) is 24.3. The molecule has 0 spiro atoms. The molecular formula is C30H29N7O3. The molecule has 1 atom stereocenters. The average Bonchev–Trinajstić information content (AvgIpc) is 3.72. The standard InChI is InChI=1S/C30H29N7O3/c1-35(2)16-22-17(19-10-12-36(3)30(19)39)5-8-26(34-22)33-21-6-4-18(20-14-32-29(38)28(20)21)24-15-31-27-9-7-25-23(37(24)27)11-13-40-25/h4-9,11,13,15,19H,10,12,14,16H2,1-3H3,(H,32,38)(H,33,34)/t19-/m1/s1. The summed E-state index contributed by atoms with van der Waals surface area (Å²) in [5.41, 5.74) is 8.32. The first-order valence-corrected chi connectivity index (χ1v) is 13.3. The van der Waals surface area contributed by atoms with Crippen molar-refractivity contribution < 1.29 is 14.0 Å². The van der Waals surface area contributed by atoms with Gasteiger partial charge in [0.2, 0.25) is 5.91 Å². The molecule has 10 nitrogen and oxygen atoms in total. The number of nitrogens with zero attached hydrogens (tertiary/aromatic N) is 5. The molecule has 0 aliphatic carbocycles. The zero-order chi connectivity index (χ0) is 27.5. The lowest BCUT2D eigenvalue weighted by molar-refractivity contribution is -0.127. The molecular weight excluding hydrogens is 506 g/mol. The number of furan rings is 1. The van der Waals surface area contributed by atoms with Crippen LogP contribution in [0.15, 0.2) is 59.3 Å². The molecule has 1 aromatic carbocycles. The Kier molecular flexibility index (Phi) is 5.60. The number of hydrogen-bond donors (Lipinski definition) is 2. The molecule has 7 rings (SSSR count). The van der Waals surface area contributed by atoms with Crippen LogP contribution in [0.5, 0.6) is 0 Å². The molecule has 2 amide bonds. The Morgan fingerprint density at radius 3 is 2.80 bits per heavy atom. The minimum absolute atomic E-state index is 0.132. The third kappa shape index (κ3) is 3.83. The number of pyridine rings is 2. The van der Waals surface area contributed by atoms with Crippen LogP contribution in [0.4, 0.5) is 11.5 Å². The Morgan fingerprint density at radius 2 is 2.00 bits per heavy atom. The van der Waals surface area contributed by atoms with Crippen molar-refractivity contribution in [1.29, 1.82) is 0 Å². The lowest BCUT2D eigenvalue weighted by atomic mass is 9.95. The summed E-state index contributed by atoms with van der Waals surface area (Å²) in [5.74, 6) is 0.450.